The first-order valence-electron chi connectivity index (χ1n) is 12.1. The van der Waals surface area contributed by atoms with Gasteiger partial charge in [0.25, 0.3) is 0 Å². The van der Waals surface area contributed by atoms with Crippen molar-refractivity contribution >= 4 is 27.2 Å². The topological polar surface area (TPSA) is 150 Å². The van der Waals surface area contributed by atoms with E-state index in [0.29, 0.717) is 40.0 Å². The molecule has 1 aromatic heterocycles. The molecule has 0 atom stereocenters. The highest BCUT2D eigenvalue weighted by atomic mass is 32.1. The van der Waals surface area contributed by atoms with Crippen LogP contribution in [0.2, 0.25) is 0 Å². The van der Waals surface area contributed by atoms with Crippen molar-refractivity contribution in [1.29, 1.82) is 0 Å². The van der Waals surface area contributed by atoms with Crippen LogP contribution in [0.5, 0.6) is 23.0 Å². The summed E-state index contributed by atoms with van der Waals surface area (Å²) in [5.74, 6) is 0.837. The van der Waals surface area contributed by atoms with Crippen molar-refractivity contribution in [2.45, 2.75) is 44.9 Å². The Hall–Kier alpha value is -3.59. The normalized spacial score (nSPS) is 14.3. The molecule has 2 aliphatic rings. The fraction of sp³-hybridized carbons (Fsp3) is 0.276. The SMILES string of the molecule is O.O.O=C1CCCCCCCCOc2ccc1c(-c1c(-c3ccc(O)cc3)sc3cc(O)cc(O)c13)c2. The third kappa shape index (κ3) is 5.88. The van der Waals surface area contributed by atoms with Crippen LogP contribution in [0.25, 0.3) is 31.7 Å². The van der Waals surface area contributed by atoms with E-state index >= 15 is 0 Å². The Morgan fingerprint density at radius 3 is 2.19 bits per heavy atom. The molecule has 0 fully saturated rings. The van der Waals surface area contributed by atoms with E-state index in [0.717, 1.165) is 54.5 Å². The number of carbonyl (C=O) groups is 1. The van der Waals surface area contributed by atoms with Crippen molar-refractivity contribution in [3.8, 4) is 44.6 Å². The number of benzene rings is 3. The van der Waals surface area contributed by atoms with Gasteiger partial charge in [0.05, 0.1) is 6.61 Å². The molecule has 0 saturated carbocycles. The average molecular weight is 525 g/mol. The molecular formula is C29H32O7S. The first kappa shape index (κ1) is 28.0. The lowest BCUT2D eigenvalue weighted by Gasteiger charge is -2.15. The molecule has 8 heteroatoms. The molecule has 0 amide bonds. The van der Waals surface area contributed by atoms with Gasteiger partial charge in [0.2, 0.25) is 0 Å². The summed E-state index contributed by atoms with van der Waals surface area (Å²) in [5.41, 5.74) is 2.88. The summed E-state index contributed by atoms with van der Waals surface area (Å²) >= 11 is 1.43. The molecule has 0 spiro atoms. The number of rotatable bonds is 2. The molecule has 2 bridgehead atoms. The zero-order chi connectivity index (χ0) is 24.4. The van der Waals surface area contributed by atoms with Crippen LogP contribution in [-0.4, -0.2) is 38.7 Å². The van der Waals surface area contributed by atoms with Crippen LogP contribution in [-0.2, 0) is 0 Å². The van der Waals surface area contributed by atoms with Crippen LogP contribution < -0.4 is 4.74 Å². The Balaban J connectivity index is 0.00000190. The number of thiophene rings is 1. The summed E-state index contributed by atoms with van der Waals surface area (Å²) < 4.78 is 6.77. The van der Waals surface area contributed by atoms with Gasteiger partial charge in [0.15, 0.2) is 5.78 Å². The number of phenolic OH excluding ortho intramolecular Hbond substituents is 3. The molecule has 196 valence electrons. The summed E-state index contributed by atoms with van der Waals surface area (Å²) in [6, 6.07) is 15.4. The summed E-state index contributed by atoms with van der Waals surface area (Å²) in [6.07, 6.45) is 6.72. The first-order chi connectivity index (χ1) is 17.0. The molecule has 3 heterocycles. The van der Waals surface area contributed by atoms with Crippen LogP contribution in [0.4, 0.5) is 0 Å². The minimum atomic E-state index is -0.0459. The Bertz CT molecular complexity index is 1380. The monoisotopic (exact) mass is 524 g/mol. The van der Waals surface area contributed by atoms with Crippen molar-refractivity contribution in [3.63, 3.8) is 0 Å². The third-order valence-electron chi connectivity index (χ3n) is 6.51. The van der Waals surface area contributed by atoms with Crippen molar-refractivity contribution < 1.29 is 35.8 Å². The Labute approximate surface area is 219 Å². The van der Waals surface area contributed by atoms with Crippen molar-refractivity contribution in [1.82, 2.24) is 0 Å². The van der Waals surface area contributed by atoms with Gasteiger partial charge in [-0.1, -0.05) is 25.7 Å². The van der Waals surface area contributed by atoms with Crippen LogP contribution in [0.1, 0.15) is 55.3 Å². The second-order valence-electron chi connectivity index (χ2n) is 9.04. The van der Waals surface area contributed by atoms with Crippen LogP contribution in [0.15, 0.2) is 54.6 Å². The number of Topliss-reactive ketones (excluding diaryl/α,β-unsaturated/α-hetero) is 1. The van der Waals surface area contributed by atoms with Gasteiger partial charge in [-0.2, -0.15) is 0 Å². The molecule has 4 aromatic rings. The lowest BCUT2D eigenvalue weighted by Crippen LogP contribution is -2.04. The Morgan fingerprint density at radius 2 is 1.43 bits per heavy atom. The van der Waals surface area contributed by atoms with E-state index in [9.17, 15) is 20.1 Å². The van der Waals surface area contributed by atoms with Gasteiger partial charge in [0.1, 0.15) is 23.0 Å². The molecule has 7 nitrogen and oxygen atoms in total. The van der Waals surface area contributed by atoms with Gasteiger partial charge in [0, 0.05) is 38.6 Å². The highest BCUT2D eigenvalue weighted by Gasteiger charge is 2.24. The van der Waals surface area contributed by atoms with Crippen molar-refractivity contribution in [2.75, 3.05) is 6.61 Å². The maximum absolute atomic E-state index is 13.4. The number of aromatic hydroxyl groups is 3. The number of ether oxygens (including phenoxy) is 1. The predicted octanol–water partition coefficient (Wildman–Crippen LogP) is 6.01. The quantitative estimate of drug-likeness (QED) is 0.293. The van der Waals surface area contributed by atoms with E-state index in [1.807, 2.05) is 30.3 Å². The molecule has 0 radical (unpaired) electrons. The molecule has 3 aromatic carbocycles. The summed E-state index contributed by atoms with van der Waals surface area (Å²) in [4.78, 5) is 14.2. The highest BCUT2D eigenvalue weighted by molar-refractivity contribution is 7.23. The van der Waals surface area contributed by atoms with E-state index in [-0.39, 0.29) is 34.0 Å². The smallest absolute Gasteiger partial charge is 0.163 e. The molecule has 0 aliphatic carbocycles. The molecule has 0 saturated heterocycles. The zero-order valence-electron chi connectivity index (χ0n) is 20.4. The molecule has 37 heavy (non-hydrogen) atoms. The standard InChI is InChI=1S/C29H28O5S.2H2O/c30-19-10-8-18(9-11-19)29-27(28-25(33)15-20(31)16-26(28)35-29)23-17-21-12-13-22(23)24(32)7-5-3-1-2-4-6-14-34-21;;/h8-13,15-17,30-31,33H,1-7,14H2;2*1H2. The molecular weight excluding hydrogens is 492 g/mol. The lowest BCUT2D eigenvalue weighted by atomic mass is 9.91. The number of hydrogen-bond donors (Lipinski definition) is 3. The van der Waals surface area contributed by atoms with E-state index in [4.69, 9.17) is 4.74 Å². The largest absolute Gasteiger partial charge is 0.508 e. The second kappa shape index (κ2) is 12.1. The number of fused-ring (bicyclic) bond motifs is 12. The van der Waals surface area contributed by atoms with E-state index in [2.05, 4.69) is 0 Å². The molecule has 2 aliphatic heterocycles. The Morgan fingerprint density at radius 1 is 0.730 bits per heavy atom. The predicted molar refractivity (Wildman–Crippen MR) is 147 cm³/mol. The number of carbonyl (C=O) groups excluding carboxylic acids is 1. The van der Waals surface area contributed by atoms with Gasteiger partial charge in [-0.15, -0.1) is 11.3 Å². The number of ketones is 1. The van der Waals surface area contributed by atoms with E-state index in [1.54, 1.807) is 18.2 Å². The summed E-state index contributed by atoms with van der Waals surface area (Å²) in [5, 5.41) is 31.5. The van der Waals surface area contributed by atoms with Gasteiger partial charge < -0.3 is 31.0 Å². The second-order valence-corrected chi connectivity index (χ2v) is 10.1. The molecule has 6 rings (SSSR count). The minimum Gasteiger partial charge on any atom is -0.508 e. The Kier molecular flexibility index (Phi) is 9.15. The maximum Gasteiger partial charge on any atom is 0.163 e. The van der Waals surface area contributed by atoms with Gasteiger partial charge in [-0.25, -0.2) is 0 Å². The first-order valence-corrected chi connectivity index (χ1v) is 12.9. The van der Waals surface area contributed by atoms with Crippen LogP contribution in [0, 0.1) is 0 Å². The number of phenols is 3. The third-order valence-corrected chi connectivity index (χ3v) is 7.70. The van der Waals surface area contributed by atoms with Crippen molar-refractivity contribution in [3.05, 3.63) is 60.2 Å². The van der Waals surface area contributed by atoms with Crippen LogP contribution in [0.3, 0.4) is 0 Å². The van der Waals surface area contributed by atoms with Gasteiger partial charge in [-0.05, 0) is 72.5 Å². The molecule has 0 unspecified atom stereocenters. The van der Waals surface area contributed by atoms with E-state index in [1.165, 1.54) is 17.4 Å². The maximum atomic E-state index is 13.4. The molecule has 7 N–H and O–H groups in total. The summed E-state index contributed by atoms with van der Waals surface area (Å²) in [7, 11) is 0. The zero-order valence-corrected chi connectivity index (χ0v) is 21.2. The van der Waals surface area contributed by atoms with E-state index < -0.39 is 0 Å². The minimum absolute atomic E-state index is 0. The van der Waals surface area contributed by atoms with Gasteiger partial charge in [-0.3, -0.25) is 4.79 Å². The summed E-state index contributed by atoms with van der Waals surface area (Å²) in [6.45, 7) is 0.612. The number of hydrogen-bond acceptors (Lipinski definition) is 6. The van der Waals surface area contributed by atoms with Crippen LogP contribution >= 0.6 is 11.3 Å². The highest BCUT2D eigenvalue weighted by Crippen LogP contribution is 2.50. The fourth-order valence-electron chi connectivity index (χ4n) is 4.75. The lowest BCUT2D eigenvalue weighted by molar-refractivity contribution is 0.0979. The average Bonchev–Trinajstić information content (AvgIpc) is 3.22. The van der Waals surface area contributed by atoms with Gasteiger partial charge >= 0.3 is 0 Å². The van der Waals surface area contributed by atoms with Crippen molar-refractivity contribution in [2.24, 2.45) is 0 Å². The fourth-order valence-corrected chi connectivity index (χ4v) is 6.02.